The average Bonchev–Trinajstić information content (AvgIpc) is 2.77. The standard InChI is InChI=1S/C10H13N3O3/c14-8-1-2-9(15)13(10(8)16)4-3-7-5-11-6-12-7/h5-6,8,14H,1-4H2,(H,11,12). The minimum atomic E-state index is -1.03. The van der Waals surface area contributed by atoms with Crippen molar-refractivity contribution in [3.8, 4) is 0 Å². The van der Waals surface area contributed by atoms with Gasteiger partial charge in [-0.2, -0.15) is 0 Å². The maximum atomic E-state index is 11.5. The fourth-order valence-corrected chi connectivity index (χ4v) is 1.71. The van der Waals surface area contributed by atoms with Gasteiger partial charge in [0.25, 0.3) is 5.91 Å². The van der Waals surface area contributed by atoms with E-state index in [1.54, 1.807) is 12.5 Å². The molecule has 2 N–H and O–H groups in total. The van der Waals surface area contributed by atoms with Gasteiger partial charge in [-0.3, -0.25) is 14.5 Å². The number of imide groups is 1. The van der Waals surface area contributed by atoms with Gasteiger partial charge in [0.15, 0.2) is 0 Å². The molecule has 6 nitrogen and oxygen atoms in total. The van der Waals surface area contributed by atoms with Crippen molar-refractivity contribution in [2.24, 2.45) is 0 Å². The molecule has 2 rings (SSSR count). The summed E-state index contributed by atoms with van der Waals surface area (Å²) in [5, 5.41) is 9.36. The van der Waals surface area contributed by atoms with E-state index in [9.17, 15) is 14.7 Å². The summed E-state index contributed by atoms with van der Waals surface area (Å²) < 4.78 is 0. The molecule has 16 heavy (non-hydrogen) atoms. The highest BCUT2D eigenvalue weighted by Crippen LogP contribution is 2.13. The van der Waals surface area contributed by atoms with E-state index in [-0.39, 0.29) is 25.3 Å². The number of nitrogens with zero attached hydrogens (tertiary/aromatic N) is 2. The van der Waals surface area contributed by atoms with Crippen molar-refractivity contribution in [2.45, 2.75) is 25.4 Å². The summed E-state index contributed by atoms with van der Waals surface area (Å²) in [6.45, 7) is 0.289. The molecule has 0 spiro atoms. The topological polar surface area (TPSA) is 86.3 Å². The van der Waals surface area contributed by atoms with Crippen molar-refractivity contribution in [3.63, 3.8) is 0 Å². The van der Waals surface area contributed by atoms with Crippen LogP contribution in [-0.4, -0.2) is 44.4 Å². The summed E-state index contributed by atoms with van der Waals surface area (Å²) in [7, 11) is 0. The number of aromatic nitrogens is 2. The largest absolute Gasteiger partial charge is 0.383 e. The zero-order valence-corrected chi connectivity index (χ0v) is 8.72. The number of likely N-dealkylation sites (tertiary alicyclic amines) is 1. The lowest BCUT2D eigenvalue weighted by Crippen LogP contribution is -2.48. The average molecular weight is 223 g/mol. The molecule has 0 aromatic carbocycles. The van der Waals surface area contributed by atoms with E-state index < -0.39 is 12.0 Å². The maximum Gasteiger partial charge on any atom is 0.258 e. The highest BCUT2D eigenvalue weighted by atomic mass is 16.3. The van der Waals surface area contributed by atoms with E-state index >= 15 is 0 Å². The molecule has 0 bridgehead atoms. The number of aliphatic hydroxyl groups is 1. The van der Waals surface area contributed by atoms with E-state index in [2.05, 4.69) is 9.97 Å². The van der Waals surface area contributed by atoms with Crippen molar-refractivity contribution in [1.29, 1.82) is 0 Å². The summed E-state index contributed by atoms with van der Waals surface area (Å²) in [4.78, 5) is 30.9. The number of amides is 2. The molecule has 0 aliphatic carbocycles. The van der Waals surface area contributed by atoms with Crippen LogP contribution in [-0.2, 0) is 16.0 Å². The number of hydrogen-bond acceptors (Lipinski definition) is 4. The molecular formula is C10H13N3O3. The summed E-state index contributed by atoms with van der Waals surface area (Å²) in [6, 6.07) is 0. The van der Waals surface area contributed by atoms with Crippen LogP contribution in [0.5, 0.6) is 0 Å². The van der Waals surface area contributed by atoms with Gasteiger partial charge < -0.3 is 10.1 Å². The third kappa shape index (κ3) is 2.11. The third-order valence-corrected chi connectivity index (χ3v) is 2.64. The van der Waals surface area contributed by atoms with Crippen molar-refractivity contribution >= 4 is 11.8 Å². The molecule has 86 valence electrons. The van der Waals surface area contributed by atoms with E-state index in [1.165, 1.54) is 0 Å². The first-order chi connectivity index (χ1) is 7.68. The number of hydrogen-bond donors (Lipinski definition) is 2. The highest BCUT2D eigenvalue weighted by molar-refractivity contribution is 5.99. The van der Waals surface area contributed by atoms with Crippen molar-refractivity contribution in [1.82, 2.24) is 14.9 Å². The number of carbonyl (C=O) groups excluding carboxylic acids is 2. The first-order valence-electron chi connectivity index (χ1n) is 5.18. The predicted octanol–water partition coefficient (Wildman–Crippen LogP) is -0.538. The summed E-state index contributed by atoms with van der Waals surface area (Å²) in [5.74, 6) is -0.703. The number of nitrogens with one attached hydrogen (secondary N) is 1. The van der Waals surface area contributed by atoms with E-state index in [4.69, 9.17) is 0 Å². The second-order valence-corrected chi connectivity index (χ2v) is 3.76. The fourth-order valence-electron chi connectivity index (χ4n) is 1.71. The van der Waals surface area contributed by atoms with Crippen LogP contribution in [0, 0.1) is 0 Å². The summed E-state index contributed by atoms with van der Waals surface area (Å²) in [6.07, 6.45) is 3.16. The Morgan fingerprint density at radius 3 is 3.06 bits per heavy atom. The SMILES string of the molecule is O=C1CCC(O)C(=O)N1CCc1cnc[nH]1. The number of piperidine rings is 1. The van der Waals surface area contributed by atoms with Crippen LogP contribution in [0.4, 0.5) is 0 Å². The Bertz CT molecular complexity index is 388. The van der Waals surface area contributed by atoms with Crippen LogP contribution < -0.4 is 0 Å². The fraction of sp³-hybridized carbons (Fsp3) is 0.500. The Morgan fingerprint density at radius 1 is 1.56 bits per heavy atom. The number of aromatic amines is 1. The molecule has 1 aromatic rings. The van der Waals surface area contributed by atoms with Gasteiger partial charge in [0.05, 0.1) is 6.33 Å². The first-order valence-corrected chi connectivity index (χ1v) is 5.18. The van der Waals surface area contributed by atoms with Crippen molar-refractivity contribution < 1.29 is 14.7 Å². The van der Waals surface area contributed by atoms with Gasteiger partial charge in [-0.05, 0) is 6.42 Å². The molecule has 6 heteroatoms. The second kappa shape index (κ2) is 4.44. The Hall–Kier alpha value is -1.69. The van der Waals surface area contributed by atoms with Gasteiger partial charge in [-0.1, -0.05) is 0 Å². The number of carbonyl (C=O) groups is 2. The maximum absolute atomic E-state index is 11.5. The molecule has 2 amide bonds. The molecule has 1 atom stereocenters. The molecule has 1 aliphatic heterocycles. The van der Waals surface area contributed by atoms with E-state index in [0.717, 1.165) is 10.6 Å². The van der Waals surface area contributed by atoms with Crippen LogP contribution in [0.25, 0.3) is 0 Å². The lowest BCUT2D eigenvalue weighted by molar-refractivity contribution is -0.155. The van der Waals surface area contributed by atoms with Gasteiger partial charge in [0.1, 0.15) is 6.10 Å². The third-order valence-electron chi connectivity index (χ3n) is 2.64. The minimum Gasteiger partial charge on any atom is -0.383 e. The Kier molecular flexibility index (Phi) is 3.00. The molecule has 1 aliphatic rings. The van der Waals surface area contributed by atoms with Gasteiger partial charge in [0, 0.05) is 31.3 Å². The number of H-pyrrole nitrogens is 1. The summed E-state index contributed by atoms with van der Waals surface area (Å²) >= 11 is 0. The van der Waals surface area contributed by atoms with Crippen molar-refractivity contribution in [2.75, 3.05) is 6.54 Å². The number of imidazole rings is 1. The molecule has 1 aromatic heterocycles. The Morgan fingerprint density at radius 2 is 2.38 bits per heavy atom. The molecule has 2 heterocycles. The lowest BCUT2D eigenvalue weighted by atomic mass is 10.1. The smallest absolute Gasteiger partial charge is 0.258 e. The van der Waals surface area contributed by atoms with E-state index in [1.807, 2.05) is 0 Å². The minimum absolute atomic E-state index is 0.213. The normalized spacial score (nSPS) is 21.6. The highest BCUT2D eigenvalue weighted by Gasteiger charge is 2.32. The zero-order valence-electron chi connectivity index (χ0n) is 8.72. The number of rotatable bonds is 3. The van der Waals surface area contributed by atoms with Crippen molar-refractivity contribution in [3.05, 3.63) is 18.2 Å². The van der Waals surface area contributed by atoms with Crippen LogP contribution in [0.2, 0.25) is 0 Å². The Labute approximate surface area is 92.3 Å². The number of aliphatic hydroxyl groups excluding tert-OH is 1. The van der Waals surface area contributed by atoms with Crippen LogP contribution in [0.1, 0.15) is 18.5 Å². The van der Waals surface area contributed by atoms with Crippen LogP contribution in [0.15, 0.2) is 12.5 Å². The van der Waals surface area contributed by atoms with Gasteiger partial charge in [-0.15, -0.1) is 0 Å². The zero-order chi connectivity index (χ0) is 11.5. The molecule has 1 unspecified atom stereocenters. The van der Waals surface area contributed by atoms with Gasteiger partial charge in [0.2, 0.25) is 5.91 Å². The Balaban J connectivity index is 1.97. The quantitative estimate of drug-likeness (QED) is 0.674. The molecule has 1 saturated heterocycles. The monoisotopic (exact) mass is 223 g/mol. The molecule has 0 saturated carbocycles. The molecular weight excluding hydrogens is 210 g/mol. The molecule has 1 fully saturated rings. The molecule has 0 radical (unpaired) electrons. The van der Waals surface area contributed by atoms with Gasteiger partial charge >= 0.3 is 0 Å². The van der Waals surface area contributed by atoms with Gasteiger partial charge in [-0.25, -0.2) is 4.98 Å². The summed E-state index contributed by atoms with van der Waals surface area (Å²) in [5.41, 5.74) is 0.862. The lowest BCUT2D eigenvalue weighted by Gasteiger charge is -2.27. The predicted molar refractivity (Wildman–Crippen MR) is 54.3 cm³/mol. The second-order valence-electron chi connectivity index (χ2n) is 3.76. The first kappa shape index (κ1) is 10.8. The van der Waals surface area contributed by atoms with Crippen LogP contribution in [0.3, 0.4) is 0 Å². The van der Waals surface area contributed by atoms with E-state index in [0.29, 0.717) is 6.42 Å². The van der Waals surface area contributed by atoms with Crippen LogP contribution >= 0.6 is 0 Å².